The summed E-state index contributed by atoms with van der Waals surface area (Å²) in [5.41, 5.74) is 4.37. The van der Waals surface area contributed by atoms with Gasteiger partial charge in [-0.25, -0.2) is 4.98 Å². The van der Waals surface area contributed by atoms with Crippen LogP contribution >= 0.6 is 0 Å². The Labute approximate surface area is 159 Å². The van der Waals surface area contributed by atoms with E-state index in [2.05, 4.69) is 52.2 Å². The summed E-state index contributed by atoms with van der Waals surface area (Å²) in [5.74, 6) is 1.71. The molecule has 0 saturated carbocycles. The lowest BCUT2D eigenvalue weighted by Crippen LogP contribution is -2.41. The zero-order chi connectivity index (χ0) is 19.1. The Morgan fingerprint density at radius 2 is 1.93 bits per heavy atom. The van der Waals surface area contributed by atoms with Crippen molar-refractivity contribution in [3.63, 3.8) is 0 Å². The molecule has 0 bridgehead atoms. The number of anilines is 1. The number of aryl methyl sites for hydroxylation is 1. The second kappa shape index (κ2) is 6.67. The van der Waals surface area contributed by atoms with Gasteiger partial charge in [-0.1, -0.05) is 30.3 Å². The molecular formula is C21H24N6. The first-order valence-electron chi connectivity index (χ1n) is 9.31. The first kappa shape index (κ1) is 17.5. The highest BCUT2D eigenvalue weighted by Gasteiger charge is 2.32. The fourth-order valence-corrected chi connectivity index (χ4v) is 4.17. The summed E-state index contributed by atoms with van der Waals surface area (Å²) in [4.78, 5) is 9.24. The molecule has 1 aliphatic heterocycles. The number of aromatic nitrogens is 3. The van der Waals surface area contributed by atoms with Crippen LogP contribution in [0.4, 0.5) is 5.82 Å². The van der Waals surface area contributed by atoms with Gasteiger partial charge in [-0.05, 0) is 51.9 Å². The second-order valence-corrected chi connectivity index (χ2v) is 7.35. The van der Waals surface area contributed by atoms with Gasteiger partial charge in [-0.15, -0.1) is 5.10 Å². The second-order valence-electron chi connectivity index (χ2n) is 7.35. The smallest absolute Gasteiger partial charge is 0.176 e. The topological polar surface area (TPSA) is 60.5 Å². The van der Waals surface area contributed by atoms with Crippen molar-refractivity contribution in [2.45, 2.75) is 32.9 Å². The molecule has 0 radical (unpaired) electrons. The van der Waals surface area contributed by atoms with Gasteiger partial charge in [0.1, 0.15) is 23.3 Å². The van der Waals surface area contributed by atoms with E-state index in [9.17, 15) is 5.26 Å². The van der Waals surface area contributed by atoms with Gasteiger partial charge >= 0.3 is 0 Å². The van der Waals surface area contributed by atoms with Crippen LogP contribution in [0.1, 0.15) is 29.8 Å². The first-order chi connectivity index (χ1) is 13.0. The molecule has 1 fully saturated rings. The van der Waals surface area contributed by atoms with Crippen molar-refractivity contribution < 1.29 is 0 Å². The van der Waals surface area contributed by atoms with E-state index in [1.807, 2.05) is 36.6 Å². The maximum atomic E-state index is 9.84. The summed E-state index contributed by atoms with van der Waals surface area (Å²) in [7, 11) is 4.23. The third kappa shape index (κ3) is 2.75. The zero-order valence-corrected chi connectivity index (χ0v) is 16.3. The van der Waals surface area contributed by atoms with Crippen LogP contribution in [0.3, 0.4) is 0 Å². The largest absolute Gasteiger partial charge is 0.340 e. The lowest BCUT2D eigenvalue weighted by molar-refractivity contribution is 0.299. The molecule has 6 nitrogen and oxygen atoms in total. The third-order valence-electron chi connectivity index (χ3n) is 5.37. The number of nitriles is 1. The summed E-state index contributed by atoms with van der Waals surface area (Å²) >= 11 is 0. The van der Waals surface area contributed by atoms with Crippen LogP contribution in [0.2, 0.25) is 0 Å². The Bertz CT molecular complexity index is 1030. The van der Waals surface area contributed by atoms with Gasteiger partial charge < -0.3 is 4.90 Å². The van der Waals surface area contributed by atoms with Gasteiger partial charge in [-0.2, -0.15) is 9.78 Å². The van der Waals surface area contributed by atoms with Crippen molar-refractivity contribution in [1.29, 1.82) is 5.26 Å². The number of hydrogen-bond acceptors (Lipinski definition) is 5. The van der Waals surface area contributed by atoms with Crippen LogP contribution in [0.25, 0.3) is 16.8 Å². The summed E-state index contributed by atoms with van der Waals surface area (Å²) in [6.45, 7) is 4.86. The van der Waals surface area contributed by atoms with E-state index >= 15 is 0 Å². The average molecular weight is 360 g/mol. The molecule has 4 rings (SSSR count). The molecule has 3 aromatic rings. The van der Waals surface area contributed by atoms with Crippen molar-refractivity contribution in [2.75, 3.05) is 25.5 Å². The molecule has 0 N–H and O–H groups in total. The maximum Gasteiger partial charge on any atom is 0.176 e. The summed E-state index contributed by atoms with van der Waals surface area (Å²) < 4.78 is 1.88. The van der Waals surface area contributed by atoms with Crippen molar-refractivity contribution in [1.82, 2.24) is 19.5 Å². The number of benzene rings is 1. The molecule has 1 aromatic carbocycles. The van der Waals surface area contributed by atoms with E-state index in [0.717, 1.165) is 41.9 Å². The summed E-state index contributed by atoms with van der Waals surface area (Å²) in [6, 6.07) is 12.6. The number of rotatable bonds is 3. The molecule has 3 heterocycles. The monoisotopic (exact) mass is 360 g/mol. The predicted molar refractivity (Wildman–Crippen MR) is 107 cm³/mol. The minimum absolute atomic E-state index is 0.299. The van der Waals surface area contributed by atoms with E-state index in [0.29, 0.717) is 23.2 Å². The molecule has 0 amide bonds. The predicted octanol–water partition coefficient (Wildman–Crippen LogP) is 3.37. The van der Waals surface area contributed by atoms with E-state index in [1.165, 1.54) is 0 Å². The minimum Gasteiger partial charge on any atom is -0.340 e. The van der Waals surface area contributed by atoms with Gasteiger partial charge in [0, 0.05) is 12.1 Å². The molecule has 138 valence electrons. The fraction of sp³-hybridized carbons (Fsp3) is 0.381. The number of hydrogen-bond donors (Lipinski definition) is 0. The Hall–Kier alpha value is -2.91. The van der Waals surface area contributed by atoms with Gasteiger partial charge in [0.25, 0.3) is 0 Å². The Kier molecular flexibility index (Phi) is 4.33. The Morgan fingerprint density at radius 3 is 2.59 bits per heavy atom. The third-order valence-corrected chi connectivity index (χ3v) is 5.37. The number of pyridine rings is 1. The van der Waals surface area contributed by atoms with Crippen molar-refractivity contribution in [3.05, 3.63) is 47.3 Å². The van der Waals surface area contributed by atoms with Crippen molar-refractivity contribution >= 4 is 11.5 Å². The normalized spacial score (nSPS) is 17.0. The maximum absolute atomic E-state index is 9.84. The average Bonchev–Trinajstić information content (AvgIpc) is 3.28. The Morgan fingerprint density at radius 1 is 1.19 bits per heavy atom. The SMILES string of the molecule is Cc1nc2c(C#N)c(C)c(-c3ccccc3)c(N3CCCC3N(C)C)n2n1. The lowest BCUT2D eigenvalue weighted by atomic mass is 9.97. The van der Waals surface area contributed by atoms with Crippen molar-refractivity contribution in [2.24, 2.45) is 0 Å². The van der Waals surface area contributed by atoms with Crippen LogP contribution in [0.5, 0.6) is 0 Å². The number of nitrogens with zero attached hydrogens (tertiary/aromatic N) is 6. The van der Waals surface area contributed by atoms with Gasteiger partial charge in [0.15, 0.2) is 5.65 Å². The van der Waals surface area contributed by atoms with Crippen LogP contribution in [-0.4, -0.2) is 46.3 Å². The van der Waals surface area contributed by atoms with Gasteiger partial charge in [0.05, 0.1) is 6.17 Å². The van der Waals surface area contributed by atoms with Crippen molar-refractivity contribution in [3.8, 4) is 17.2 Å². The molecule has 1 aliphatic rings. The molecular weight excluding hydrogens is 336 g/mol. The molecule has 1 atom stereocenters. The van der Waals surface area contributed by atoms with E-state index in [1.54, 1.807) is 0 Å². The Balaban J connectivity index is 2.11. The van der Waals surface area contributed by atoms with Crippen LogP contribution in [0, 0.1) is 25.2 Å². The van der Waals surface area contributed by atoms with E-state index < -0.39 is 0 Å². The highest BCUT2D eigenvalue weighted by molar-refractivity contribution is 5.85. The van der Waals surface area contributed by atoms with Crippen LogP contribution < -0.4 is 4.90 Å². The molecule has 0 aliphatic carbocycles. The molecule has 1 saturated heterocycles. The zero-order valence-electron chi connectivity index (χ0n) is 16.3. The first-order valence-corrected chi connectivity index (χ1v) is 9.31. The molecule has 1 unspecified atom stereocenters. The van der Waals surface area contributed by atoms with E-state index in [-0.39, 0.29) is 0 Å². The highest BCUT2D eigenvalue weighted by atomic mass is 15.4. The standard InChI is InChI=1S/C21H24N6/c1-14-17(13-22)20-23-15(2)24-27(20)21(19(14)16-9-6-5-7-10-16)26-12-8-11-18(26)25(3)4/h5-7,9-10,18H,8,11-12H2,1-4H3. The molecule has 2 aromatic heterocycles. The fourth-order valence-electron chi connectivity index (χ4n) is 4.17. The minimum atomic E-state index is 0.299. The molecule has 27 heavy (non-hydrogen) atoms. The summed E-state index contributed by atoms with van der Waals surface area (Å²) in [6.07, 6.45) is 2.54. The summed E-state index contributed by atoms with van der Waals surface area (Å²) in [5, 5.41) is 14.5. The highest BCUT2D eigenvalue weighted by Crippen LogP contribution is 2.40. The van der Waals surface area contributed by atoms with Crippen LogP contribution in [-0.2, 0) is 0 Å². The van der Waals surface area contributed by atoms with Gasteiger partial charge in [0.2, 0.25) is 0 Å². The molecule has 6 heteroatoms. The lowest BCUT2D eigenvalue weighted by Gasteiger charge is -2.33. The quantitative estimate of drug-likeness (QED) is 0.717. The van der Waals surface area contributed by atoms with Crippen LogP contribution in [0.15, 0.2) is 30.3 Å². The molecule has 0 spiro atoms. The number of fused-ring (bicyclic) bond motifs is 1. The van der Waals surface area contributed by atoms with Gasteiger partial charge in [-0.3, -0.25) is 4.90 Å². The van der Waals surface area contributed by atoms with E-state index in [4.69, 9.17) is 0 Å².